The summed E-state index contributed by atoms with van der Waals surface area (Å²) in [7, 11) is -4.07. The first-order valence-electron chi connectivity index (χ1n) is 15.6. The molecule has 1 aromatic carbocycles. The highest BCUT2D eigenvalue weighted by Crippen LogP contribution is 2.64. The number of allylic oxidation sites excluding steroid dienone is 1. The van der Waals surface area contributed by atoms with Crippen LogP contribution in [0.4, 0.5) is 13.2 Å². The zero-order valence-electron chi connectivity index (χ0n) is 24.7. The fourth-order valence-corrected chi connectivity index (χ4v) is 11.3. The van der Waals surface area contributed by atoms with Crippen molar-refractivity contribution >= 4 is 9.84 Å². The Morgan fingerprint density at radius 3 is 2.41 bits per heavy atom. The van der Waals surface area contributed by atoms with E-state index in [-0.39, 0.29) is 22.6 Å². The molecule has 7 unspecified atom stereocenters. The van der Waals surface area contributed by atoms with Gasteiger partial charge in [0.1, 0.15) is 0 Å². The van der Waals surface area contributed by atoms with Gasteiger partial charge >= 0.3 is 6.18 Å². The molecule has 5 rings (SSSR count). The first-order valence-corrected chi connectivity index (χ1v) is 17.2. The van der Waals surface area contributed by atoms with Gasteiger partial charge in [0.2, 0.25) is 0 Å². The first kappa shape index (κ1) is 31.1. The normalized spacial score (nSPS) is 37.8. The maximum Gasteiger partial charge on any atom is 0.416 e. The van der Waals surface area contributed by atoms with Crippen LogP contribution >= 0.6 is 0 Å². The molecule has 0 aliphatic heterocycles. The Balaban J connectivity index is 1.33. The van der Waals surface area contributed by atoms with E-state index in [4.69, 9.17) is 0 Å². The molecule has 230 valence electrons. The van der Waals surface area contributed by atoms with Gasteiger partial charge in [-0.3, -0.25) is 0 Å². The summed E-state index contributed by atoms with van der Waals surface area (Å²) >= 11 is 0. The highest BCUT2D eigenvalue weighted by atomic mass is 32.2. The van der Waals surface area contributed by atoms with Crippen LogP contribution in [0, 0.1) is 35.0 Å². The lowest BCUT2D eigenvalue weighted by molar-refractivity contribution is -0.255. The number of alkyl halides is 3. The average molecular weight is 597 g/mol. The molecule has 4 aliphatic carbocycles. The highest BCUT2D eigenvalue weighted by molar-refractivity contribution is 7.92. The van der Waals surface area contributed by atoms with E-state index in [9.17, 15) is 31.8 Å². The van der Waals surface area contributed by atoms with E-state index in [1.807, 2.05) is 0 Å². The molecule has 0 heterocycles. The van der Waals surface area contributed by atoms with Crippen molar-refractivity contribution in [2.45, 2.75) is 125 Å². The quantitative estimate of drug-likeness (QED) is 0.303. The SMILES string of the molecule is CC[C@]1(O)CCC2C(=CCC3C2CCC2(C)C(CCC(C[C@](C)(O)C(F)(F)F)S(=O)(=O)c4ccccc4)CCC32)C1. The smallest absolute Gasteiger partial charge is 0.390 e. The van der Waals surface area contributed by atoms with E-state index in [1.165, 1.54) is 17.7 Å². The Kier molecular flexibility index (Phi) is 8.30. The molecule has 9 atom stereocenters. The topological polar surface area (TPSA) is 74.6 Å². The zero-order chi connectivity index (χ0) is 29.8. The maximum atomic E-state index is 13.7. The van der Waals surface area contributed by atoms with Crippen LogP contribution in [0.2, 0.25) is 0 Å². The fraction of sp³-hybridized carbons (Fsp3) is 0.758. The molecule has 4 aliphatic rings. The van der Waals surface area contributed by atoms with Crippen molar-refractivity contribution in [3.63, 3.8) is 0 Å². The zero-order valence-corrected chi connectivity index (χ0v) is 25.5. The third kappa shape index (κ3) is 5.66. The third-order valence-electron chi connectivity index (χ3n) is 12.0. The van der Waals surface area contributed by atoms with E-state index < -0.39 is 38.9 Å². The highest BCUT2D eigenvalue weighted by Gasteiger charge is 2.57. The van der Waals surface area contributed by atoms with Gasteiger partial charge in [0, 0.05) is 6.42 Å². The van der Waals surface area contributed by atoms with Crippen LogP contribution < -0.4 is 0 Å². The lowest BCUT2D eigenvalue weighted by atomic mass is 9.51. The Labute approximate surface area is 243 Å². The van der Waals surface area contributed by atoms with Gasteiger partial charge in [0.05, 0.1) is 15.7 Å². The Morgan fingerprint density at radius 2 is 1.76 bits per heavy atom. The first-order chi connectivity index (χ1) is 19.1. The maximum absolute atomic E-state index is 13.7. The van der Waals surface area contributed by atoms with Crippen molar-refractivity contribution < 1.29 is 31.8 Å². The lowest BCUT2D eigenvalue weighted by Crippen LogP contribution is -2.48. The van der Waals surface area contributed by atoms with Crippen LogP contribution in [0.5, 0.6) is 0 Å². The Morgan fingerprint density at radius 1 is 1.05 bits per heavy atom. The number of sulfone groups is 1. The number of halogens is 3. The van der Waals surface area contributed by atoms with Crippen LogP contribution in [-0.4, -0.2) is 41.3 Å². The van der Waals surface area contributed by atoms with Crippen molar-refractivity contribution in [2.24, 2.45) is 35.0 Å². The monoisotopic (exact) mass is 596 g/mol. The molecule has 0 radical (unpaired) electrons. The number of hydrogen-bond acceptors (Lipinski definition) is 4. The fourth-order valence-electron chi connectivity index (χ4n) is 9.36. The van der Waals surface area contributed by atoms with Crippen LogP contribution in [0.15, 0.2) is 46.9 Å². The standard InChI is InChI=1S/C33H47F3O4S/c1-4-32(38)19-17-26-22(20-32)10-14-28-27(26)16-18-30(2)23(12-15-29(28)30)11-13-25(21-31(3,37)33(34,35)36)41(39,40)24-8-6-5-7-9-24/h5-10,23,25-29,37-38H,4,11-21H2,1-3H3/t23?,25?,26?,27?,28?,29?,30?,31-,32-/m0/s1. The molecule has 2 N–H and O–H groups in total. The minimum Gasteiger partial charge on any atom is -0.390 e. The van der Waals surface area contributed by atoms with E-state index in [1.54, 1.807) is 18.2 Å². The Bertz CT molecular complexity index is 1230. The molecular formula is C33H47F3O4S. The summed E-state index contributed by atoms with van der Waals surface area (Å²) in [6.07, 6.45) is 6.00. The largest absolute Gasteiger partial charge is 0.416 e. The molecule has 4 nitrogen and oxygen atoms in total. The summed E-state index contributed by atoms with van der Waals surface area (Å²) in [6, 6.07) is 7.68. The van der Waals surface area contributed by atoms with Crippen molar-refractivity contribution in [3.8, 4) is 0 Å². The predicted molar refractivity (Wildman–Crippen MR) is 154 cm³/mol. The van der Waals surface area contributed by atoms with Crippen molar-refractivity contribution in [3.05, 3.63) is 42.0 Å². The summed E-state index contributed by atoms with van der Waals surface area (Å²) in [6.45, 7) is 5.09. The second-order valence-electron chi connectivity index (χ2n) is 14.2. The van der Waals surface area contributed by atoms with E-state index in [0.717, 1.165) is 57.8 Å². The summed E-state index contributed by atoms with van der Waals surface area (Å²) in [5.41, 5.74) is -2.16. The molecule has 0 spiro atoms. The molecule has 1 aromatic rings. The van der Waals surface area contributed by atoms with Gasteiger partial charge in [0.15, 0.2) is 15.4 Å². The van der Waals surface area contributed by atoms with Crippen molar-refractivity contribution in [2.75, 3.05) is 0 Å². The van der Waals surface area contributed by atoms with Gasteiger partial charge < -0.3 is 10.2 Å². The van der Waals surface area contributed by atoms with Crippen LogP contribution in [0.25, 0.3) is 0 Å². The van der Waals surface area contributed by atoms with Gasteiger partial charge in [-0.15, -0.1) is 0 Å². The number of hydrogen-bond donors (Lipinski definition) is 2. The van der Waals surface area contributed by atoms with Gasteiger partial charge in [0.25, 0.3) is 0 Å². The van der Waals surface area contributed by atoms with Crippen molar-refractivity contribution in [1.82, 2.24) is 0 Å². The van der Waals surface area contributed by atoms with Gasteiger partial charge in [-0.25, -0.2) is 8.42 Å². The van der Waals surface area contributed by atoms with Crippen LogP contribution in [0.1, 0.15) is 97.8 Å². The average Bonchev–Trinajstić information content (AvgIpc) is 3.26. The molecule has 8 heteroatoms. The van der Waals surface area contributed by atoms with Crippen LogP contribution in [-0.2, 0) is 9.84 Å². The molecule has 3 fully saturated rings. The summed E-state index contributed by atoms with van der Waals surface area (Å²) in [5, 5.41) is 19.9. The van der Waals surface area contributed by atoms with Crippen molar-refractivity contribution in [1.29, 1.82) is 0 Å². The number of fused-ring (bicyclic) bond motifs is 5. The summed E-state index contributed by atoms with van der Waals surface area (Å²) in [5.74, 6) is 2.53. The molecule has 0 amide bonds. The van der Waals surface area contributed by atoms with E-state index >= 15 is 0 Å². The minimum atomic E-state index is -4.92. The van der Waals surface area contributed by atoms with E-state index in [0.29, 0.717) is 37.0 Å². The summed E-state index contributed by atoms with van der Waals surface area (Å²) in [4.78, 5) is 0.00578. The predicted octanol–water partition coefficient (Wildman–Crippen LogP) is 7.64. The number of rotatable bonds is 8. The second kappa shape index (κ2) is 11.0. The summed E-state index contributed by atoms with van der Waals surface area (Å²) < 4.78 is 68.2. The number of benzene rings is 1. The molecule has 0 saturated heterocycles. The molecule has 0 aromatic heterocycles. The molecule has 41 heavy (non-hydrogen) atoms. The Hall–Kier alpha value is -1.38. The van der Waals surface area contributed by atoms with Crippen LogP contribution in [0.3, 0.4) is 0 Å². The third-order valence-corrected chi connectivity index (χ3v) is 14.2. The molecular weight excluding hydrogens is 549 g/mol. The van der Waals surface area contributed by atoms with Gasteiger partial charge in [-0.1, -0.05) is 43.7 Å². The molecule has 3 saturated carbocycles. The van der Waals surface area contributed by atoms with E-state index in [2.05, 4.69) is 19.9 Å². The van der Waals surface area contributed by atoms with Gasteiger partial charge in [-0.05, 0) is 125 Å². The second-order valence-corrected chi connectivity index (χ2v) is 16.4. The van der Waals surface area contributed by atoms with Gasteiger partial charge in [-0.2, -0.15) is 13.2 Å². The lowest BCUT2D eigenvalue weighted by Gasteiger charge is -2.54. The minimum absolute atomic E-state index is 0.00578. The molecule has 0 bridgehead atoms. The number of aliphatic hydroxyl groups is 2.